The molecule has 1 N–H and O–H groups in total. The van der Waals surface area contributed by atoms with Crippen LogP contribution in [-0.4, -0.2) is 41.9 Å². The van der Waals surface area contributed by atoms with Crippen molar-refractivity contribution in [1.29, 1.82) is 0 Å². The van der Waals surface area contributed by atoms with Crippen LogP contribution < -0.4 is 10.1 Å². The standard InChI is InChI=1S/C23H26N2O3/c1-16-8-10-18(11-9-16)17(2)22(27)25-13-5-12-23(15-25)14-24-21(26)19-6-3-4-7-20(19)28-23/h3-4,6-11,17H,5,12-15H2,1-2H3,(H,24,26). The molecule has 1 saturated heterocycles. The average Bonchev–Trinajstić information content (AvgIpc) is 2.84. The molecular formula is C23H26N2O3. The van der Waals surface area contributed by atoms with E-state index in [4.69, 9.17) is 4.74 Å². The van der Waals surface area contributed by atoms with Gasteiger partial charge < -0.3 is 15.0 Å². The Bertz CT molecular complexity index is 893. The molecule has 5 nitrogen and oxygen atoms in total. The van der Waals surface area contributed by atoms with Crippen molar-refractivity contribution in [2.45, 2.75) is 38.2 Å². The normalized spacial score (nSPS) is 22.6. The second kappa shape index (κ2) is 7.30. The molecule has 2 heterocycles. The first-order valence-electron chi connectivity index (χ1n) is 9.89. The number of hydrogen-bond donors (Lipinski definition) is 1. The van der Waals surface area contributed by atoms with Crippen LogP contribution in [0.2, 0.25) is 0 Å². The lowest BCUT2D eigenvalue weighted by Crippen LogP contribution is -2.58. The van der Waals surface area contributed by atoms with Crippen molar-refractivity contribution in [3.05, 3.63) is 65.2 Å². The predicted molar refractivity (Wildman–Crippen MR) is 108 cm³/mol. The van der Waals surface area contributed by atoms with E-state index in [1.54, 1.807) is 6.07 Å². The quantitative estimate of drug-likeness (QED) is 0.872. The second-order valence-corrected chi connectivity index (χ2v) is 7.96. The van der Waals surface area contributed by atoms with Crippen LogP contribution in [0.1, 0.15) is 47.2 Å². The van der Waals surface area contributed by atoms with E-state index in [0.717, 1.165) is 24.9 Å². The fraction of sp³-hybridized carbons (Fsp3) is 0.391. The zero-order valence-electron chi connectivity index (χ0n) is 16.4. The summed E-state index contributed by atoms with van der Waals surface area (Å²) in [5.74, 6) is 0.376. The van der Waals surface area contributed by atoms with Gasteiger partial charge in [-0.15, -0.1) is 0 Å². The summed E-state index contributed by atoms with van der Waals surface area (Å²) in [5.41, 5.74) is 2.18. The van der Waals surface area contributed by atoms with Gasteiger partial charge in [0.25, 0.3) is 5.91 Å². The van der Waals surface area contributed by atoms with Crippen molar-refractivity contribution >= 4 is 11.8 Å². The van der Waals surface area contributed by atoms with E-state index in [1.807, 2.05) is 61.2 Å². The summed E-state index contributed by atoms with van der Waals surface area (Å²) in [5, 5.41) is 2.99. The van der Waals surface area contributed by atoms with E-state index in [2.05, 4.69) is 5.32 Å². The van der Waals surface area contributed by atoms with Crippen LogP contribution in [0, 0.1) is 6.92 Å². The summed E-state index contributed by atoms with van der Waals surface area (Å²) in [6.45, 7) is 5.61. The molecule has 2 aliphatic rings. The first-order valence-corrected chi connectivity index (χ1v) is 9.89. The summed E-state index contributed by atoms with van der Waals surface area (Å²) < 4.78 is 6.36. The molecule has 2 unspecified atom stereocenters. The highest BCUT2D eigenvalue weighted by atomic mass is 16.5. The van der Waals surface area contributed by atoms with E-state index in [0.29, 0.717) is 24.4 Å². The Morgan fingerprint density at radius 2 is 1.93 bits per heavy atom. The number of carbonyl (C=O) groups is 2. The average molecular weight is 378 g/mol. The fourth-order valence-corrected chi connectivity index (χ4v) is 4.13. The van der Waals surface area contributed by atoms with Crippen LogP contribution in [0.5, 0.6) is 5.75 Å². The number of rotatable bonds is 2. The van der Waals surface area contributed by atoms with Crippen LogP contribution >= 0.6 is 0 Å². The van der Waals surface area contributed by atoms with Crippen LogP contribution in [-0.2, 0) is 4.79 Å². The molecule has 2 aliphatic heterocycles. The summed E-state index contributed by atoms with van der Waals surface area (Å²) in [6, 6.07) is 15.4. The van der Waals surface area contributed by atoms with Crippen molar-refractivity contribution in [2.24, 2.45) is 0 Å². The number of nitrogens with one attached hydrogen (secondary N) is 1. The van der Waals surface area contributed by atoms with Crippen LogP contribution in [0.15, 0.2) is 48.5 Å². The minimum absolute atomic E-state index is 0.107. The smallest absolute Gasteiger partial charge is 0.255 e. The van der Waals surface area contributed by atoms with Gasteiger partial charge in [0.1, 0.15) is 11.4 Å². The van der Waals surface area contributed by atoms with Crippen molar-refractivity contribution in [2.75, 3.05) is 19.6 Å². The maximum absolute atomic E-state index is 13.2. The Morgan fingerprint density at radius 3 is 2.71 bits per heavy atom. The van der Waals surface area contributed by atoms with Crippen molar-refractivity contribution in [1.82, 2.24) is 10.2 Å². The molecule has 28 heavy (non-hydrogen) atoms. The van der Waals surface area contributed by atoms with Gasteiger partial charge in [0.15, 0.2) is 0 Å². The topological polar surface area (TPSA) is 58.6 Å². The zero-order valence-corrected chi connectivity index (χ0v) is 16.4. The predicted octanol–water partition coefficient (Wildman–Crippen LogP) is 3.28. The molecule has 146 valence electrons. The van der Waals surface area contributed by atoms with Gasteiger partial charge in [-0.05, 0) is 44.4 Å². The number of ether oxygens (including phenoxy) is 1. The number of para-hydroxylation sites is 1. The number of aryl methyl sites for hydroxylation is 1. The number of piperidine rings is 1. The lowest BCUT2D eigenvalue weighted by atomic mass is 9.90. The number of likely N-dealkylation sites (tertiary alicyclic amines) is 1. The Labute approximate surface area is 165 Å². The molecule has 1 spiro atoms. The van der Waals surface area contributed by atoms with Crippen molar-refractivity contribution in [3.63, 3.8) is 0 Å². The first-order chi connectivity index (χ1) is 13.5. The van der Waals surface area contributed by atoms with E-state index < -0.39 is 5.60 Å². The van der Waals surface area contributed by atoms with E-state index in [9.17, 15) is 9.59 Å². The lowest BCUT2D eigenvalue weighted by Gasteiger charge is -2.42. The summed E-state index contributed by atoms with van der Waals surface area (Å²) in [6.07, 6.45) is 1.66. The summed E-state index contributed by atoms with van der Waals surface area (Å²) >= 11 is 0. The number of nitrogens with zero attached hydrogens (tertiary/aromatic N) is 1. The van der Waals surface area contributed by atoms with E-state index >= 15 is 0 Å². The largest absolute Gasteiger partial charge is 0.483 e. The minimum Gasteiger partial charge on any atom is -0.483 e. The molecule has 4 rings (SSSR count). The molecule has 1 fully saturated rings. The highest BCUT2D eigenvalue weighted by molar-refractivity contribution is 5.97. The van der Waals surface area contributed by atoms with Crippen molar-refractivity contribution < 1.29 is 14.3 Å². The molecule has 2 aromatic rings. The van der Waals surface area contributed by atoms with Gasteiger partial charge in [-0.1, -0.05) is 42.0 Å². The number of hydrogen-bond acceptors (Lipinski definition) is 3. The molecular weight excluding hydrogens is 352 g/mol. The second-order valence-electron chi connectivity index (χ2n) is 7.96. The van der Waals surface area contributed by atoms with Gasteiger partial charge in [-0.3, -0.25) is 9.59 Å². The highest BCUT2D eigenvalue weighted by Gasteiger charge is 2.42. The highest BCUT2D eigenvalue weighted by Crippen LogP contribution is 2.33. The molecule has 0 aromatic heterocycles. The molecule has 0 radical (unpaired) electrons. The number of benzene rings is 2. The third-order valence-corrected chi connectivity index (χ3v) is 5.83. The maximum atomic E-state index is 13.2. The van der Waals surface area contributed by atoms with Gasteiger partial charge in [-0.2, -0.15) is 0 Å². The maximum Gasteiger partial charge on any atom is 0.255 e. The monoisotopic (exact) mass is 378 g/mol. The summed E-state index contributed by atoms with van der Waals surface area (Å²) in [4.78, 5) is 27.5. The van der Waals surface area contributed by atoms with E-state index in [-0.39, 0.29) is 17.7 Å². The zero-order chi connectivity index (χ0) is 19.7. The SMILES string of the molecule is Cc1ccc(C(C)C(=O)N2CCCC3(CNC(=O)c4ccccc4O3)C2)cc1. The number of amides is 2. The van der Waals surface area contributed by atoms with Crippen LogP contribution in [0.4, 0.5) is 0 Å². The molecule has 0 aliphatic carbocycles. The Hall–Kier alpha value is -2.82. The van der Waals surface area contributed by atoms with Gasteiger partial charge >= 0.3 is 0 Å². The van der Waals surface area contributed by atoms with E-state index in [1.165, 1.54) is 5.56 Å². The molecule has 2 atom stereocenters. The number of fused-ring (bicyclic) bond motifs is 1. The summed E-state index contributed by atoms with van der Waals surface area (Å²) in [7, 11) is 0. The third-order valence-electron chi connectivity index (χ3n) is 5.83. The van der Waals surface area contributed by atoms with Crippen LogP contribution in [0.3, 0.4) is 0 Å². The van der Waals surface area contributed by atoms with Gasteiger partial charge in [0.05, 0.1) is 24.6 Å². The Kier molecular flexibility index (Phi) is 4.84. The molecule has 0 bridgehead atoms. The molecule has 2 amide bonds. The fourth-order valence-electron chi connectivity index (χ4n) is 4.13. The van der Waals surface area contributed by atoms with Gasteiger partial charge in [0.2, 0.25) is 5.91 Å². The molecule has 0 saturated carbocycles. The molecule has 2 aromatic carbocycles. The Balaban J connectivity index is 1.55. The lowest BCUT2D eigenvalue weighted by molar-refractivity contribution is -0.138. The third kappa shape index (κ3) is 3.49. The first kappa shape index (κ1) is 18.5. The number of carbonyl (C=O) groups excluding carboxylic acids is 2. The van der Waals surface area contributed by atoms with Crippen LogP contribution in [0.25, 0.3) is 0 Å². The molecule has 5 heteroatoms. The van der Waals surface area contributed by atoms with Crippen molar-refractivity contribution in [3.8, 4) is 5.75 Å². The van der Waals surface area contributed by atoms with Gasteiger partial charge in [0, 0.05) is 6.54 Å². The minimum atomic E-state index is -0.580. The van der Waals surface area contributed by atoms with Gasteiger partial charge in [-0.25, -0.2) is 0 Å². The Morgan fingerprint density at radius 1 is 1.18 bits per heavy atom.